The first-order chi connectivity index (χ1) is 23.9. The molecule has 0 saturated carbocycles. The second-order valence-corrected chi connectivity index (χ2v) is 14.7. The van der Waals surface area contributed by atoms with Crippen LogP contribution in [0.15, 0.2) is 48.6 Å². The van der Waals surface area contributed by atoms with E-state index in [1.165, 1.54) is 64.2 Å². The van der Waals surface area contributed by atoms with E-state index in [0.717, 1.165) is 31.6 Å². The number of carbonyl (C=O) groups excluding carboxylic acids is 2. The number of unbranched alkanes of at least 4 members (excludes halogenated alkanes) is 12. The Labute approximate surface area is 302 Å². The first kappa shape index (κ1) is 47.9. The minimum atomic E-state index is -4.81. The van der Waals surface area contributed by atoms with Gasteiger partial charge in [-0.2, -0.15) is 0 Å². The lowest BCUT2D eigenvalue weighted by molar-refractivity contribution is -0.161. The topological polar surface area (TPSA) is 160 Å². The molecule has 0 bridgehead atoms. The Kier molecular flexibility index (Phi) is 31.5. The molecule has 0 rings (SSSR count). The number of carbonyl (C=O) groups is 2. The third-order valence-electron chi connectivity index (χ3n) is 7.97. The number of ether oxygens (including phenoxy) is 2. The maximum Gasteiger partial charge on any atom is 0.469 e. The van der Waals surface area contributed by atoms with Crippen molar-refractivity contribution < 1.29 is 48.2 Å². The van der Waals surface area contributed by atoms with Gasteiger partial charge in [-0.15, -0.1) is 0 Å². The Balaban J connectivity index is 4.26. The van der Waals surface area contributed by atoms with Crippen LogP contribution in [0.5, 0.6) is 0 Å². The van der Waals surface area contributed by atoms with Gasteiger partial charge in [-0.1, -0.05) is 146 Å². The number of hydrogen-bond acceptors (Lipinski definition) is 8. The fraction of sp³-hybridized carbons (Fsp3) is 0.744. The van der Waals surface area contributed by atoms with Crippen LogP contribution in [0.25, 0.3) is 0 Å². The maximum absolute atomic E-state index is 12.4. The molecule has 0 saturated heterocycles. The van der Waals surface area contributed by atoms with Gasteiger partial charge in [-0.25, -0.2) is 4.57 Å². The number of aliphatic hydroxyl groups excluding tert-OH is 2. The highest BCUT2D eigenvalue weighted by molar-refractivity contribution is 7.46. The van der Waals surface area contributed by atoms with Gasteiger partial charge in [0.1, 0.15) is 6.61 Å². The van der Waals surface area contributed by atoms with Crippen LogP contribution in [0.4, 0.5) is 0 Å². The first-order valence-corrected chi connectivity index (χ1v) is 20.5. The van der Waals surface area contributed by atoms with Crippen LogP contribution in [0.2, 0.25) is 0 Å². The molecule has 0 aromatic rings. The smallest absolute Gasteiger partial charge is 0.462 e. The molecule has 0 radical (unpaired) electrons. The van der Waals surface area contributed by atoms with Crippen molar-refractivity contribution in [3.8, 4) is 0 Å². The summed E-state index contributed by atoms with van der Waals surface area (Å²) in [6.07, 6.45) is 30.5. The van der Waals surface area contributed by atoms with Crippen molar-refractivity contribution in [1.82, 2.24) is 0 Å². The number of aliphatic hydroxyl groups is 2. The summed E-state index contributed by atoms with van der Waals surface area (Å²) in [5, 5.41) is 20.1. The zero-order valence-electron chi connectivity index (χ0n) is 31.2. The Bertz CT molecular complexity index is 1000. The molecule has 0 aliphatic heterocycles. The predicted octanol–water partition coefficient (Wildman–Crippen LogP) is 8.98. The molecule has 0 aromatic heterocycles. The van der Waals surface area contributed by atoms with Crippen molar-refractivity contribution in [2.45, 2.75) is 167 Å². The van der Waals surface area contributed by atoms with E-state index in [-0.39, 0.29) is 12.8 Å². The number of phosphoric acid groups is 1. The Hall–Kier alpha value is -2.07. The van der Waals surface area contributed by atoms with E-state index in [1.807, 2.05) is 6.08 Å². The zero-order valence-corrected chi connectivity index (χ0v) is 32.1. The van der Waals surface area contributed by atoms with E-state index in [9.17, 15) is 24.4 Å². The third-order valence-corrected chi connectivity index (χ3v) is 8.45. The van der Waals surface area contributed by atoms with Crippen molar-refractivity contribution in [3.05, 3.63) is 48.6 Å². The molecule has 0 unspecified atom stereocenters. The van der Waals surface area contributed by atoms with E-state index >= 15 is 0 Å². The summed E-state index contributed by atoms with van der Waals surface area (Å²) < 4.78 is 26.1. The fourth-order valence-electron chi connectivity index (χ4n) is 5.04. The molecule has 11 heteroatoms. The number of hydrogen-bond donors (Lipinski definition) is 4. The lowest BCUT2D eigenvalue weighted by Gasteiger charge is -2.18. The summed E-state index contributed by atoms with van der Waals surface area (Å²) in [5.41, 5.74) is 0. The Morgan fingerprint density at radius 1 is 0.660 bits per heavy atom. The van der Waals surface area contributed by atoms with E-state index in [2.05, 4.69) is 31.4 Å². The molecule has 10 nitrogen and oxygen atoms in total. The minimum Gasteiger partial charge on any atom is -0.462 e. The van der Waals surface area contributed by atoms with E-state index in [4.69, 9.17) is 19.3 Å². The SMILES string of the molecule is CCCCC/C=C\C[C@@H](O)/C=C/C=C/C=C\[C@@H](O)CCCC(=O)OC[C@H](COP(=O)(O)O)OC(=O)CCCCCCCCCCCCC(C)C. The number of esters is 2. The highest BCUT2D eigenvalue weighted by Crippen LogP contribution is 2.36. The molecule has 0 aromatic carbocycles. The van der Waals surface area contributed by atoms with Gasteiger partial charge in [0.25, 0.3) is 0 Å². The highest BCUT2D eigenvalue weighted by Gasteiger charge is 2.23. The molecule has 0 heterocycles. The zero-order chi connectivity index (χ0) is 37.3. The molecular formula is C39H69O10P. The normalized spacial score (nSPS) is 14.4. The van der Waals surface area contributed by atoms with Crippen LogP contribution < -0.4 is 0 Å². The molecule has 290 valence electrons. The van der Waals surface area contributed by atoms with Crippen molar-refractivity contribution >= 4 is 19.8 Å². The molecule has 4 N–H and O–H groups in total. The summed E-state index contributed by atoms with van der Waals surface area (Å²) in [5.74, 6) is -0.348. The molecular weight excluding hydrogens is 659 g/mol. The number of rotatable bonds is 33. The van der Waals surface area contributed by atoms with Gasteiger partial charge >= 0.3 is 19.8 Å². The van der Waals surface area contributed by atoms with Crippen molar-refractivity contribution in [2.75, 3.05) is 13.2 Å². The van der Waals surface area contributed by atoms with Crippen LogP contribution in [0, 0.1) is 5.92 Å². The number of allylic oxidation sites excluding steroid dienone is 5. The van der Waals surface area contributed by atoms with Crippen LogP contribution >= 0.6 is 7.82 Å². The summed E-state index contributed by atoms with van der Waals surface area (Å²) in [7, 11) is -4.81. The van der Waals surface area contributed by atoms with Crippen molar-refractivity contribution in [3.63, 3.8) is 0 Å². The Morgan fingerprint density at radius 2 is 1.24 bits per heavy atom. The van der Waals surface area contributed by atoms with Gasteiger partial charge in [0, 0.05) is 12.8 Å². The molecule has 0 aliphatic carbocycles. The molecule has 0 spiro atoms. The van der Waals surface area contributed by atoms with Gasteiger partial charge in [0.15, 0.2) is 6.10 Å². The third kappa shape index (κ3) is 35.7. The second-order valence-electron chi connectivity index (χ2n) is 13.4. The van der Waals surface area contributed by atoms with Crippen molar-refractivity contribution in [1.29, 1.82) is 0 Å². The van der Waals surface area contributed by atoms with Crippen LogP contribution in [-0.4, -0.2) is 63.5 Å². The summed E-state index contributed by atoms with van der Waals surface area (Å²) >= 11 is 0. The minimum absolute atomic E-state index is 0.00651. The van der Waals surface area contributed by atoms with Crippen LogP contribution in [0.1, 0.15) is 149 Å². The lowest BCUT2D eigenvalue weighted by Crippen LogP contribution is -2.29. The summed E-state index contributed by atoms with van der Waals surface area (Å²) in [4.78, 5) is 42.7. The monoisotopic (exact) mass is 728 g/mol. The van der Waals surface area contributed by atoms with Crippen molar-refractivity contribution in [2.24, 2.45) is 5.92 Å². The quantitative estimate of drug-likeness (QED) is 0.0169. The van der Waals surface area contributed by atoms with Gasteiger partial charge in [-0.05, 0) is 44.4 Å². The molecule has 50 heavy (non-hydrogen) atoms. The average Bonchev–Trinajstić information content (AvgIpc) is 3.05. The standard InChI is InChI=1S/C39H69O10P/c1-4-5-6-7-15-20-26-35(40)27-21-17-18-22-28-36(41)29-24-31-38(42)47-32-37(33-48-50(44,45)46)49-39(43)30-23-16-13-11-9-8-10-12-14-19-25-34(2)3/h15,17-18,20-22,27-28,34-37,40-41H,4-14,16,19,23-26,29-33H2,1-3H3,(H2,44,45,46)/b18-17+,20-15-,27-21+,28-22-/t35-,36-,37-/m1/s1. The summed E-state index contributed by atoms with van der Waals surface area (Å²) in [6, 6.07) is 0. The van der Waals surface area contributed by atoms with E-state index < -0.39 is 51.3 Å². The molecule has 3 atom stereocenters. The van der Waals surface area contributed by atoms with Crippen LogP contribution in [-0.2, 0) is 28.2 Å². The largest absolute Gasteiger partial charge is 0.469 e. The second kappa shape index (κ2) is 32.8. The van der Waals surface area contributed by atoms with E-state index in [1.54, 1.807) is 36.5 Å². The molecule has 0 fully saturated rings. The lowest BCUT2D eigenvalue weighted by atomic mass is 10.0. The van der Waals surface area contributed by atoms with Gasteiger partial charge in [0.2, 0.25) is 0 Å². The first-order valence-electron chi connectivity index (χ1n) is 19.0. The van der Waals surface area contributed by atoms with Gasteiger partial charge in [-0.3, -0.25) is 14.1 Å². The highest BCUT2D eigenvalue weighted by atomic mass is 31.2. The van der Waals surface area contributed by atoms with Gasteiger partial charge < -0.3 is 29.5 Å². The average molecular weight is 729 g/mol. The predicted molar refractivity (Wildman–Crippen MR) is 200 cm³/mol. The Morgan fingerprint density at radius 3 is 1.84 bits per heavy atom. The molecule has 0 aliphatic rings. The molecule has 0 amide bonds. The summed E-state index contributed by atoms with van der Waals surface area (Å²) in [6.45, 7) is 5.69. The number of phosphoric ester groups is 1. The van der Waals surface area contributed by atoms with E-state index in [0.29, 0.717) is 25.7 Å². The van der Waals surface area contributed by atoms with Gasteiger partial charge in [0.05, 0.1) is 18.8 Å². The van der Waals surface area contributed by atoms with Crippen LogP contribution in [0.3, 0.4) is 0 Å². The fourth-order valence-corrected chi connectivity index (χ4v) is 5.40. The maximum atomic E-state index is 12.4.